The average Bonchev–Trinajstić information content (AvgIpc) is 3.07. The van der Waals surface area contributed by atoms with E-state index in [-0.39, 0.29) is 23.5 Å². The monoisotopic (exact) mass is 424 g/mol. The maximum absolute atomic E-state index is 12.2. The number of Topliss-reactive ketones (excluding diaryl/α,β-unsaturated/α-hetero) is 1. The number of hydrogen-bond donors (Lipinski definition) is 1. The van der Waals surface area contributed by atoms with Gasteiger partial charge in [0.15, 0.2) is 22.9 Å². The summed E-state index contributed by atoms with van der Waals surface area (Å²) in [4.78, 5) is 23.6. The number of carbonyl (C=O) groups excluding carboxylic acids is 2. The van der Waals surface area contributed by atoms with E-state index in [9.17, 15) is 9.59 Å². The summed E-state index contributed by atoms with van der Waals surface area (Å²) < 4.78 is 7.80. The molecule has 1 N–H and O–H groups in total. The van der Waals surface area contributed by atoms with Gasteiger partial charge in [-0.05, 0) is 62.7 Å². The van der Waals surface area contributed by atoms with E-state index in [0.717, 1.165) is 11.3 Å². The maximum Gasteiger partial charge on any atom is 0.234 e. The summed E-state index contributed by atoms with van der Waals surface area (Å²) in [6.07, 6.45) is -0.285. The summed E-state index contributed by atoms with van der Waals surface area (Å²) in [6.45, 7) is 5.43. The normalized spacial score (nSPS) is 11.7. The molecule has 30 heavy (non-hydrogen) atoms. The molecule has 1 unspecified atom stereocenters. The number of anilines is 1. The highest BCUT2D eigenvalue weighted by molar-refractivity contribution is 7.99. The van der Waals surface area contributed by atoms with Gasteiger partial charge in [0, 0.05) is 18.3 Å². The molecule has 1 aromatic heterocycles. The topological polar surface area (TPSA) is 86.1 Å². The molecule has 0 bridgehead atoms. The largest absolute Gasteiger partial charge is 0.483 e. The van der Waals surface area contributed by atoms with E-state index >= 15 is 0 Å². The third kappa shape index (κ3) is 5.48. The van der Waals surface area contributed by atoms with Crippen LogP contribution in [-0.2, 0) is 11.8 Å². The van der Waals surface area contributed by atoms with Crippen LogP contribution >= 0.6 is 11.8 Å². The van der Waals surface area contributed by atoms with Crippen molar-refractivity contribution in [2.24, 2.45) is 7.05 Å². The predicted molar refractivity (Wildman–Crippen MR) is 117 cm³/mol. The summed E-state index contributed by atoms with van der Waals surface area (Å²) in [7, 11) is 1.85. The molecule has 0 aliphatic rings. The molecule has 0 fully saturated rings. The van der Waals surface area contributed by atoms with Gasteiger partial charge in [0.1, 0.15) is 5.75 Å². The summed E-state index contributed by atoms with van der Waals surface area (Å²) in [5.74, 6) is 1.47. The van der Waals surface area contributed by atoms with Gasteiger partial charge in [-0.25, -0.2) is 0 Å². The molecule has 0 spiro atoms. The highest BCUT2D eigenvalue weighted by atomic mass is 32.2. The van der Waals surface area contributed by atoms with Gasteiger partial charge in [0.05, 0.1) is 5.75 Å². The van der Waals surface area contributed by atoms with Crippen LogP contribution in [0.15, 0.2) is 53.7 Å². The van der Waals surface area contributed by atoms with Gasteiger partial charge in [-0.3, -0.25) is 9.59 Å². The van der Waals surface area contributed by atoms with E-state index in [1.165, 1.54) is 18.7 Å². The van der Waals surface area contributed by atoms with Crippen LogP contribution in [0.1, 0.15) is 41.7 Å². The van der Waals surface area contributed by atoms with Crippen molar-refractivity contribution in [1.82, 2.24) is 14.8 Å². The Morgan fingerprint density at radius 2 is 1.90 bits per heavy atom. The fraction of sp³-hybridized carbons (Fsp3) is 0.273. The lowest BCUT2D eigenvalue weighted by molar-refractivity contribution is -0.113. The van der Waals surface area contributed by atoms with Crippen molar-refractivity contribution in [3.63, 3.8) is 0 Å². The molecule has 0 aliphatic carbocycles. The molecule has 1 atom stereocenters. The molecule has 0 saturated carbocycles. The van der Waals surface area contributed by atoms with Crippen LogP contribution in [0.2, 0.25) is 0 Å². The van der Waals surface area contributed by atoms with Gasteiger partial charge in [-0.15, -0.1) is 10.2 Å². The fourth-order valence-corrected chi connectivity index (χ4v) is 3.58. The number of hydrogen-bond acceptors (Lipinski definition) is 6. The van der Waals surface area contributed by atoms with Gasteiger partial charge in [0.2, 0.25) is 5.91 Å². The Balaban J connectivity index is 1.56. The maximum atomic E-state index is 12.2. The van der Waals surface area contributed by atoms with Gasteiger partial charge >= 0.3 is 0 Å². The van der Waals surface area contributed by atoms with Crippen molar-refractivity contribution < 1.29 is 14.3 Å². The Hall–Kier alpha value is -3.13. The standard InChI is InChI=1S/C22H24N4O3S/c1-14-6-5-7-19(12-14)29-16(3)21-24-25-22(26(21)4)30-13-20(28)23-18-10-8-17(9-11-18)15(2)27/h5-12,16H,13H2,1-4H3,(H,23,28). The second-order valence-electron chi connectivity index (χ2n) is 6.95. The number of rotatable bonds is 8. The Bertz CT molecular complexity index is 1050. The van der Waals surface area contributed by atoms with E-state index in [2.05, 4.69) is 15.5 Å². The fourth-order valence-electron chi connectivity index (χ4n) is 2.87. The Kier molecular flexibility index (Phi) is 6.89. The molecule has 0 saturated heterocycles. The van der Waals surface area contributed by atoms with E-state index in [1.807, 2.05) is 49.7 Å². The smallest absolute Gasteiger partial charge is 0.234 e. The number of nitrogens with zero attached hydrogens (tertiary/aromatic N) is 3. The van der Waals surface area contributed by atoms with E-state index in [1.54, 1.807) is 24.3 Å². The molecule has 156 valence electrons. The molecule has 1 heterocycles. The summed E-state index contributed by atoms with van der Waals surface area (Å²) >= 11 is 1.30. The van der Waals surface area contributed by atoms with Crippen molar-refractivity contribution in [2.75, 3.05) is 11.1 Å². The van der Waals surface area contributed by atoms with E-state index in [4.69, 9.17) is 4.74 Å². The lowest BCUT2D eigenvalue weighted by Crippen LogP contribution is -2.15. The van der Waals surface area contributed by atoms with Gasteiger partial charge in [0.25, 0.3) is 0 Å². The molecule has 2 aromatic carbocycles. The molecule has 8 heteroatoms. The number of nitrogens with one attached hydrogen (secondary N) is 1. The van der Waals surface area contributed by atoms with Crippen LogP contribution in [-0.4, -0.2) is 32.2 Å². The molecular formula is C22H24N4O3S. The number of thioether (sulfide) groups is 1. The molecule has 3 rings (SSSR count). The first-order chi connectivity index (χ1) is 14.3. The Morgan fingerprint density at radius 1 is 1.17 bits per heavy atom. The second kappa shape index (κ2) is 9.58. The SMILES string of the molecule is CC(=O)c1ccc(NC(=O)CSc2nnc(C(C)Oc3cccc(C)c3)n2C)cc1. The number of ketones is 1. The first-order valence-electron chi connectivity index (χ1n) is 9.49. The third-order valence-corrected chi connectivity index (χ3v) is 5.46. The lowest BCUT2D eigenvalue weighted by atomic mass is 10.1. The summed E-state index contributed by atoms with van der Waals surface area (Å²) in [6, 6.07) is 14.6. The molecule has 0 aliphatic heterocycles. The highest BCUT2D eigenvalue weighted by Gasteiger charge is 2.18. The molecular weight excluding hydrogens is 400 g/mol. The summed E-state index contributed by atoms with van der Waals surface area (Å²) in [5, 5.41) is 11.9. The molecule has 7 nitrogen and oxygen atoms in total. The zero-order valence-electron chi connectivity index (χ0n) is 17.4. The number of carbonyl (C=O) groups is 2. The van der Waals surface area contributed by atoms with E-state index < -0.39 is 0 Å². The zero-order chi connectivity index (χ0) is 21.7. The van der Waals surface area contributed by atoms with Crippen LogP contribution in [0.5, 0.6) is 5.75 Å². The van der Waals surface area contributed by atoms with Gasteiger partial charge in [-0.2, -0.15) is 0 Å². The van der Waals surface area contributed by atoms with E-state index in [0.29, 0.717) is 22.2 Å². The Labute approximate surface area is 179 Å². The average molecular weight is 425 g/mol. The lowest BCUT2D eigenvalue weighted by Gasteiger charge is -2.14. The minimum absolute atomic E-state index is 0.0119. The van der Waals surface area contributed by atoms with Crippen LogP contribution in [0.25, 0.3) is 0 Å². The Morgan fingerprint density at radius 3 is 2.57 bits per heavy atom. The van der Waals surface area contributed by atoms with Gasteiger partial charge in [-0.1, -0.05) is 23.9 Å². The van der Waals surface area contributed by atoms with Crippen LogP contribution in [0, 0.1) is 6.92 Å². The predicted octanol–water partition coefficient (Wildman–Crippen LogP) is 4.20. The zero-order valence-corrected chi connectivity index (χ0v) is 18.2. The van der Waals surface area contributed by atoms with Crippen molar-refractivity contribution in [2.45, 2.75) is 32.0 Å². The van der Waals surface area contributed by atoms with Crippen LogP contribution in [0.3, 0.4) is 0 Å². The number of aryl methyl sites for hydroxylation is 1. The van der Waals surface area contributed by atoms with Crippen LogP contribution < -0.4 is 10.1 Å². The van der Waals surface area contributed by atoms with Crippen molar-refractivity contribution in [1.29, 1.82) is 0 Å². The minimum Gasteiger partial charge on any atom is -0.483 e. The third-order valence-electron chi connectivity index (χ3n) is 4.44. The van der Waals surface area contributed by atoms with Crippen molar-refractivity contribution in [3.05, 3.63) is 65.5 Å². The summed E-state index contributed by atoms with van der Waals surface area (Å²) in [5.41, 5.74) is 2.37. The first kappa shape index (κ1) is 21.6. The van der Waals surface area contributed by atoms with Gasteiger partial charge < -0.3 is 14.6 Å². The van der Waals surface area contributed by atoms with Crippen LogP contribution in [0.4, 0.5) is 5.69 Å². The van der Waals surface area contributed by atoms with Crippen molar-refractivity contribution in [3.8, 4) is 5.75 Å². The molecule has 3 aromatic rings. The van der Waals surface area contributed by atoms with Crippen molar-refractivity contribution >= 4 is 29.1 Å². The quantitative estimate of drug-likeness (QED) is 0.431. The number of amides is 1. The first-order valence-corrected chi connectivity index (χ1v) is 10.5. The highest BCUT2D eigenvalue weighted by Crippen LogP contribution is 2.24. The number of benzene rings is 2. The number of ether oxygens (including phenoxy) is 1. The second-order valence-corrected chi connectivity index (χ2v) is 7.89. The minimum atomic E-state index is -0.285. The molecule has 0 radical (unpaired) electrons. The number of aromatic nitrogens is 3. The molecule has 1 amide bonds.